The van der Waals surface area contributed by atoms with Crippen molar-refractivity contribution in [1.29, 1.82) is 0 Å². The average molecular weight is 248 g/mol. The van der Waals surface area contributed by atoms with Crippen molar-refractivity contribution in [3.63, 3.8) is 0 Å². The number of amides is 1. The number of ether oxygens (including phenoxy) is 1. The fraction of sp³-hybridized carbons (Fsp3) is 0.385. The van der Waals surface area contributed by atoms with E-state index in [1.165, 1.54) is 7.11 Å². The second-order valence-electron chi connectivity index (χ2n) is 4.58. The molecule has 1 aromatic rings. The zero-order valence-corrected chi connectivity index (χ0v) is 10.4. The number of carbonyl (C=O) groups excluding carboxylic acids is 2. The molecular formula is C13H16N2O3. The van der Waals surface area contributed by atoms with Crippen LogP contribution in [0.4, 0.5) is 5.69 Å². The molecule has 3 N–H and O–H groups in total. The molecule has 1 aliphatic carbocycles. The van der Waals surface area contributed by atoms with Gasteiger partial charge >= 0.3 is 5.97 Å². The number of carbonyl (C=O) groups is 2. The molecule has 1 saturated carbocycles. The highest BCUT2D eigenvalue weighted by Gasteiger charge is 2.46. The van der Waals surface area contributed by atoms with Gasteiger partial charge in [-0.2, -0.15) is 0 Å². The number of anilines is 1. The van der Waals surface area contributed by atoms with Crippen LogP contribution >= 0.6 is 0 Å². The van der Waals surface area contributed by atoms with Crippen molar-refractivity contribution in [3.8, 4) is 0 Å². The van der Waals surface area contributed by atoms with Gasteiger partial charge in [0.25, 0.3) is 0 Å². The van der Waals surface area contributed by atoms with Gasteiger partial charge in [-0.25, -0.2) is 4.79 Å². The first-order valence-electron chi connectivity index (χ1n) is 5.76. The van der Waals surface area contributed by atoms with Crippen molar-refractivity contribution in [2.45, 2.75) is 25.3 Å². The smallest absolute Gasteiger partial charge is 0.338 e. The molecule has 0 saturated heterocycles. The Morgan fingerprint density at radius 3 is 2.61 bits per heavy atom. The monoisotopic (exact) mass is 248 g/mol. The molecule has 0 aromatic heterocycles. The molecule has 0 atom stereocenters. The minimum absolute atomic E-state index is 0.201. The van der Waals surface area contributed by atoms with Gasteiger partial charge in [0.2, 0.25) is 5.91 Å². The number of hydrogen-bond acceptors (Lipinski definition) is 4. The number of hydrogen-bond donors (Lipinski definition) is 2. The van der Waals surface area contributed by atoms with Crippen molar-refractivity contribution < 1.29 is 14.3 Å². The van der Waals surface area contributed by atoms with E-state index < -0.39 is 11.5 Å². The molecule has 0 unspecified atom stereocenters. The summed E-state index contributed by atoms with van der Waals surface area (Å²) >= 11 is 0. The summed E-state index contributed by atoms with van der Waals surface area (Å²) in [6, 6.07) is 5.10. The van der Waals surface area contributed by atoms with E-state index in [4.69, 9.17) is 5.73 Å². The maximum absolute atomic E-state index is 11.8. The SMILES string of the molecule is COC(=O)c1cccc(NC(=O)C2(N)CC2)c1C. The Morgan fingerprint density at radius 1 is 1.39 bits per heavy atom. The molecule has 1 aliphatic rings. The van der Waals surface area contributed by atoms with E-state index in [2.05, 4.69) is 10.1 Å². The minimum atomic E-state index is -0.728. The standard InChI is InChI=1S/C13H16N2O3/c1-8-9(11(16)18-2)4-3-5-10(8)15-12(17)13(14)6-7-13/h3-5H,6-7,14H2,1-2H3,(H,15,17). The van der Waals surface area contributed by atoms with Gasteiger partial charge in [-0.3, -0.25) is 4.79 Å². The fourth-order valence-electron chi connectivity index (χ4n) is 1.71. The Balaban J connectivity index is 2.23. The van der Waals surface area contributed by atoms with E-state index in [9.17, 15) is 9.59 Å². The molecule has 1 fully saturated rings. The molecule has 0 heterocycles. The van der Waals surface area contributed by atoms with Crippen LogP contribution in [0, 0.1) is 6.92 Å². The van der Waals surface area contributed by atoms with E-state index in [1.807, 2.05) is 0 Å². The molecule has 0 spiro atoms. The minimum Gasteiger partial charge on any atom is -0.465 e. The number of nitrogens with one attached hydrogen (secondary N) is 1. The Labute approximate surface area is 105 Å². The Morgan fingerprint density at radius 2 is 2.06 bits per heavy atom. The summed E-state index contributed by atoms with van der Waals surface area (Å²) in [7, 11) is 1.33. The molecule has 5 heteroatoms. The first kappa shape index (κ1) is 12.6. The topological polar surface area (TPSA) is 81.4 Å². The molecule has 2 rings (SSSR count). The number of rotatable bonds is 3. The summed E-state index contributed by atoms with van der Waals surface area (Å²) in [5, 5.41) is 2.76. The number of benzene rings is 1. The molecule has 0 bridgehead atoms. The van der Waals surface area contributed by atoms with Crippen LogP contribution in [0.1, 0.15) is 28.8 Å². The predicted molar refractivity (Wildman–Crippen MR) is 67.3 cm³/mol. The lowest BCUT2D eigenvalue weighted by Gasteiger charge is -2.14. The second kappa shape index (κ2) is 4.42. The number of methoxy groups -OCH3 is 1. The van der Waals surface area contributed by atoms with Crippen molar-refractivity contribution in [2.24, 2.45) is 5.73 Å². The Hall–Kier alpha value is -1.88. The van der Waals surface area contributed by atoms with Gasteiger partial charge in [0, 0.05) is 5.69 Å². The zero-order valence-electron chi connectivity index (χ0n) is 10.4. The Bertz CT molecular complexity index is 507. The van der Waals surface area contributed by atoms with E-state index in [0.717, 1.165) is 0 Å². The van der Waals surface area contributed by atoms with Crippen LogP contribution in [0.5, 0.6) is 0 Å². The summed E-state index contributed by atoms with van der Waals surface area (Å²) < 4.78 is 4.68. The van der Waals surface area contributed by atoms with Crippen LogP contribution in [0.3, 0.4) is 0 Å². The van der Waals surface area contributed by atoms with E-state index >= 15 is 0 Å². The highest BCUT2D eigenvalue weighted by Crippen LogP contribution is 2.33. The third kappa shape index (κ3) is 2.22. The molecule has 18 heavy (non-hydrogen) atoms. The van der Waals surface area contributed by atoms with Gasteiger partial charge in [0.05, 0.1) is 18.2 Å². The third-order valence-electron chi connectivity index (χ3n) is 3.23. The van der Waals surface area contributed by atoms with E-state index in [-0.39, 0.29) is 5.91 Å². The fourth-order valence-corrected chi connectivity index (χ4v) is 1.71. The third-order valence-corrected chi connectivity index (χ3v) is 3.23. The summed E-state index contributed by atoms with van der Waals surface area (Å²) in [5.74, 6) is -0.620. The molecular weight excluding hydrogens is 232 g/mol. The zero-order chi connectivity index (χ0) is 13.3. The van der Waals surface area contributed by atoms with Crippen molar-refractivity contribution in [2.75, 3.05) is 12.4 Å². The van der Waals surface area contributed by atoms with Gasteiger partial charge in [-0.05, 0) is 37.5 Å². The van der Waals surface area contributed by atoms with Crippen LogP contribution in [0.25, 0.3) is 0 Å². The maximum Gasteiger partial charge on any atom is 0.338 e. The van der Waals surface area contributed by atoms with Crippen LogP contribution < -0.4 is 11.1 Å². The summed E-state index contributed by atoms with van der Waals surface area (Å²) in [4.78, 5) is 23.4. The average Bonchev–Trinajstić information content (AvgIpc) is 3.10. The van der Waals surface area contributed by atoms with Gasteiger partial charge in [-0.1, -0.05) is 6.07 Å². The normalized spacial score (nSPS) is 15.9. The van der Waals surface area contributed by atoms with Gasteiger partial charge in [-0.15, -0.1) is 0 Å². The molecule has 0 aliphatic heterocycles. The highest BCUT2D eigenvalue weighted by atomic mass is 16.5. The van der Waals surface area contributed by atoms with Gasteiger partial charge in [0.1, 0.15) is 0 Å². The molecule has 5 nitrogen and oxygen atoms in total. The largest absolute Gasteiger partial charge is 0.465 e. The summed E-state index contributed by atoms with van der Waals surface area (Å²) in [6.07, 6.45) is 1.41. The van der Waals surface area contributed by atoms with Crippen LogP contribution in [0.15, 0.2) is 18.2 Å². The van der Waals surface area contributed by atoms with E-state index in [1.54, 1.807) is 25.1 Å². The van der Waals surface area contributed by atoms with Crippen molar-refractivity contribution in [1.82, 2.24) is 0 Å². The second-order valence-corrected chi connectivity index (χ2v) is 4.58. The number of nitrogens with two attached hydrogens (primary N) is 1. The van der Waals surface area contributed by atoms with Crippen LogP contribution in [-0.4, -0.2) is 24.5 Å². The maximum atomic E-state index is 11.8. The first-order valence-corrected chi connectivity index (χ1v) is 5.76. The van der Waals surface area contributed by atoms with Crippen molar-refractivity contribution in [3.05, 3.63) is 29.3 Å². The van der Waals surface area contributed by atoms with Gasteiger partial charge in [0.15, 0.2) is 0 Å². The molecule has 0 radical (unpaired) electrons. The quantitative estimate of drug-likeness (QED) is 0.788. The van der Waals surface area contributed by atoms with Crippen molar-refractivity contribution >= 4 is 17.6 Å². The molecule has 1 amide bonds. The summed E-state index contributed by atoms with van der Waals surface area (Å²) in [6.45, 7) is 1.76. The lowest BCUT2D eigenvalue weighted by Crippen LogP contribution is -2.38. The van der Waals surface area contributed by atoms with Gasteiger partial charge < -0.3 is 15.8 Å². The predicted octanol–water partition coefficient (Wildman–Crippen LogP) is 1.21. The van der Waals surface area contributed by atoms with Crippen LogP contribution in [0.2, 0.25) is 0 Å². The Kier molecular flexibility index (Phi) is 3.09. The lowest BCUT2D eigenvalue weighted by molar-refractivity contribution is -0.118. The van der Waals surface area contributed by atoms with Crippen LogP contribution in [-0.2, 0) is 9.53 Å². The first-order chi connectivity index (χ1) is 8.48. The lowest BCUT2D eigenvalue weighted by atomic mass is 10.1. The number of esters is 1. The highest BCUT2D eigenvalue weighted by molar-refractivity contribution is 6.02. The molecule has 96 valence electrons. The molecule has 1 aromatic carbocycles. The van der Waals surface area contributed by atoms with E-state index in [0.29, 0.717) is 29.7 Å². The summed E-state index contributed by atoms with van der Waals surface area (Å²) in [5.41, 5.74) is 6.80.